The first-order chi connectivity index (χ1) is 7.24. The van der Waals surface area contributed by atoms with Crippen LogP contribution in [0.1, 0.15) is 18.6 Å². The molecule has 0 saturated carbocycles. The van der Waals surface area contributed by atoms with Gasteiger partial charge in [0.25, 0.3) is 0 Å². The summed E-state index contributed by atoms with van der Waals surface area (Å²) in [6.07, 6.45) is 3.03. The van der Waals surface area contributed by atoms with Crippen LogP contribution in [0, 0.1) is 0 Å². The van der Waals surface area contributed by atoms with Gasteiger partial charge in [-0.3, -0.25) is 4.68 Å². The van der Waals surface area contributed by atoms with Crippen LogP contribution in [0.25, 0.3) is 0 Å². The van der Waals surface area contributed by atoms with Crippen LogP contribution in [0.4, 0.5) is 0 Å². The minimum absolute atomic E-state index is 0.465. The zero-order chi connectivity index (χ0) is 11.1. The number of methoxy groups -OCH3 is 1. The first-order valence-corrected chi connectivity index (χ1v) is 5.01. The van der Waals surface area contributed by atoms with Crippen molar-refractivity contribution in [3.63, 3.8) is 0 Å². The van der Waals surface area contributed by atoms with Gasteiger partial charge in [-0.1, -0.05) is 0 Å². The zero-order valence-corrected chi connectivity index (χ0v) is 9.22. The van der Waals surface area contributed by atoms with Crippen molar-refractivity contribution < 1.29 is 14.6 Å². The van der Waals surface area contributed by atoms with Crippen LogP contribution in [0.5, 0.6) is 0 Å². The molecule has 5 heteroatoms. The lowest BCUT2D eigenvalue weighted by Crippen LogP contribution is -2.09. The molecular formula is C10H18N2O3. The van der Waals surface area contributed by atoms with Crippen LogP contribution in [0.2, 0.25) is 0 Å². The second-order valence-corrected chi connectivity index (χ2v) is 3.32. The number of aromatic nitrogens is 2. The standard InChI is InChI=1S/C10H18N2O3/c1-9(13)10-7-11-12(8-10)3-4-15-6-5-14-2/h7-9,13H,3-6H2,1-2H3. The van der Waals surface area contributed by atoms with Gasteiger partial charge in [0.2, 0.25) is 0 Å². The van der Waals surface area contributed by atoms with E-state index in [0.29, 0.717) is 26.4 Å². The molecule has 5 nitrogen and oxygen atoms in total. The molecule has 0 radical (unpaired) electrons. The Morgan fingerprint density at radius 3 is 2.87 bits per heavy atom. The van der Waals surface area contributed by atoms with Crippen molar-refractivity contribution in [2.24, 2.45) is 0 Å². The van der Waals surface area contributed by atoms with Crippen molar-refractivity contribution in [3.8, 4) is 0 Å². The molecule has 0 fully saturated rings. The molecule has 1 unspecified atom stereocenters. The average molecular weight is 214 g/mol. The van der Waals surface area contributed by atoms with Crippen molar-refractivity contribution in [3.05, 3.63) is 18.0 Å². The van der Waals surface area contributed by atoms with Crippen molar-refractivity contribution in [1.82, 2.24) is 9.78 Å². The fourth-order valence-corrected chi connectivity index (χ4v) is 1.12. The molecule has 0 aliphatic heterocycles. The predicted octanol–water partition coefficient (Wildman–Crippen LogP) is 0.599. The van der Waals surface area contributed by atoms with Crippen molar-refractivity contribution in [2.45, 2.75) is 19.6 Å². The maximum absolute atomic E-state index is 9.28. The number of aliphatic hydroxyl groups excluding tert-OH is 1. The smallest absolute Gasteiger partial charge is 0.0792 e. The Morgan fingerprint density at radius 1 is 1.47 bits per heavy atom. The Bertz CT molecular complexity index is 273. The first-order valence-electron chi connectivity index (χ1n) is 5.01. The molecule has 1 N–H and O–H groups in total. The predicted molar refractivity (Wildman–Crippen MR) is 55.6 cm³/mol. The van der Waals surface area contributed by atoms with Crippen molar-refractivity contribution >= 4 is 0 Å². The molecule has 86 valence electrons. The minimum atomic E-state index is -0.465. The zero-order valence-electron chi connectivity index (χ0n) is 9.22. The molecular weight excluding hydrogens is 196 g/mol. The van der Waals surface area contributed by atoms with Gasteiger partial charge in [-0.05, 0) is 6.92 Å². The van der Waals surface area contributed by atoms with E-state index in [-0.39, 0.29) is 0 Å². The first kappa shape index (κ1) is 12.2. The van der Waals surface area contributed by atoms with Gasteiger partial charge in [-0.25, -0.2) is 0 Å². The van der Waals surface area contributed by atoms with Crippen molar-refractivity contribution in [2.75, 3.05) is 26.9 Å². The van der Waals surface area contributed by atoms with E-state index in [1.807, 2.05) is 6.20 Å². The number of hydrogen-bond donors (Lipinski definition) is 1. The Balaban J connectivity index is 2.20. The van der Waals surface area contributed by atoms with E-state index in [1.165, 1.54) is 0 Å². The third kappa shape index (κ3) is 4.42. The number of rotatable bonds is 7. The third-order valence-electron chi connectivity index (χ3n) is 2.03. The van der Waals surface area contributed by atoms with E-state index in [2.05, 4.69) is 5.10 Å². The molecule has 1 heterocycles. The van der Waals surface area contributed by atoms with E-state index < -0.39 is 6.10 Å². The van der Waals surface area contributed by atoms with Crippen LogP contribution in [-0.4, -0.2) is 41.8 Å². The fraction of sp³-hybridized carbons (Fsp3) is 0.700. The summed E-state index contributed by atoms with van der Waals surface area (Å²) in [4.78, 5) is 0. The molecule has 1 aromatic rings. The molecule has 1 aromatic heterocycles. The lowest BCUT2D eigenvalue weighted by Gasteiger charge is -2.03. The van der Waals surface area contributed by atoms with Crippen molar-refractivity contribution in [1.29, 1.82) is 0 Å². The molecule has 0 amide bonds. The Kier molecular flexibility index (Phi) is 5.31. The van der Waals surface area contributed by atoms with Crippen LogP contribution < -0.4 is 0 Å². The molecule has 15 heavy (non-hydrogen) atoms. The molecule has 0 aliphatic rings. The summed E-state index contributed by atoms with van der Waals surface area (Å²) >= 11 is 0. The molecule has 1 rings (SSSR count). The number of aliphatic hydroxyl groups is 1. The summed E-state index contributed by atoms with van der Waals surface area (Å²) in [5.74, 6) is 0. The Hall–Kier alpha value is -0.910. The lowest BCUT2D eigenvalue weighted by molar-refractivity contribution is 0.0654. The number of nitrogens with zero attached hydrogens (tertiary/aromatic N) is 2. The number of hydrogen-bond acceptors (Lipinski definition) is 4. The van der Waals surface area contributed by atoms with E-state index in [1.54, 1.807) is 24.9 Å². The summed E-state index contributed by atoms with van der Waals surface area (Å²) in [5.41, 5.74) is 0.826. The molecule has 1 atom stereocenters. The van der Waals surface area contributed by atoms with Gasteiger partial charge >= 0.3 is 0 Å². The van der Waals surface area contributed by atoms with E-state index >= 15 is 0 Å². The van der Waals surface area contributed by atoms with E-state index in [9.17, 15) is 5.11 Å². The van der Waals surface area contributed by atoms with E-state index in [4.69, 9.17) is 9.47 Å². The molecule has 0 aromatic carbocycles. The maximum atomic E-state index is 9.28. The van der Waals surface area contributed by atoms with E-state index in [0.717, 1.165) is 5.56 Å². The minimum Gasteiger partial charge on any atom is -0.389 e. The van der Waals surface area contributed by atoms with Gasteiger partial charge < -0.3 is 14.6 Å². The topological polar surface area (TPSA) is 56.5 Å². The highest BCUT2D eigenvalue weighted by Crippen LogP contribution is 2.09. The second kappa shape index (κ2) is 6.55. The van der Waals surface area contributed by atoms with Gasteiger partial charge in [-0.2, -0.15) is 5.10 Å². The quantitative estimate of drug-likeness (QED) is 0.675. The highest BCUT2D eigenvalue weighted by atomic mass is 16.5. The largest absolute Gasteiger partial charge is 0.389 e. The van der Waals surface area contributed by atoms with Crippen LogP contribution in [0.3, 0.4) is 0 Å². The lowest BCUT2D eigenvalue weighted by atomic mass is 10.2. The Labute approximate surface area is 89.6 Å². The summed E-state index contributed by atoms with van der Waals surface area (Å²) in [6.45, 7) is 4.22. The van der Waals surface area contributed by atoms with Gasteiger partial charge in [0, 0.05) is 18.9 Å². The summed E-state index contributed by atoms with van der Waals surface area (Å²) in [6, 6.07) is 0. The van der Waals surface area contributed by atoms with Crippen LogP contribution in [-0.2, 0) is 16.0 Å². The van der Waals surface area contributed by atoms with Crippen LogP contribution in [0.15, 0.2) is 12.4 Å². The fourth-order valence-electron chi connectivity index (χ4n) is 1.12. The summed E-state index contributed by atoms with van der Waals surface area (Å²) < 4.78 is 11.9. The SMILES string of the molecule is COCCOCCn1cc(C(C)O)cn1. The number of ether oxygens (including phenoxy) is 2. The maximum Gasteiger partial charge on any atom is 0.0792 e. The van der Waals surface area contributed by atoms with Crippen LogP contribution >= 0.6 is 0 Å². The monoisotopic (exact) mass is 214 g/mol. The van der Waals surface area contributed by atoms with Gasteiger partial charge in [0.05, 0.1) is 38.7 Å². The second-order valence-electron chi connectivity index (χ2n) is 3.32. The Morgan fingerprint density at radius 2 is 2.27 bits per heavy atom. The highest BCUT2D eigenvalue weighted by molar-refractivity contribution is 5.06. The summed E-state index contributed by atoms with van der Waals surface area (Å²) in [7, 11) is 1.64. The highest BCUT2D eigenvalue weighted by Gasteiger charge is 2.03. The normalized spacial score (nSPS) is 13.0. The van der Waals surface area contributed by atoms with Gasteiger partial charge in [0.15, 0.2) is 0 Å². The molecule has 0 bridgehead atoms. The summed E-state index contributed by atoms with van der Waals surface area (Å²) in [5, 5.41) is 13.4. The average Bonchev–Trinajstić information content (AvgIpc) is 2.66. The third-order valence-corrected chi connectivity index (χ3v) is 2.03. The molecule has 0 saturated heterocycles. The van der Waals surface area contributed by atoms with Gasteiger partial charge in [0.1, 0.15) is 0 Å². The molecule has 0 spiro atoms. The van der Waals surface area contributed by atoms with Gasteiger partial charge in [-0.15, -0.1) is 0 Å². The molecule has 0 aliphatic carbocycles.